The normalized spacial score (nSPS) is 16.9. The maximum absolute atomic E-state index is 8.97. The summed E-state index contributed by atoms with van der Waals surface area (Å²) in [6.45, 7) is 6.39. The summed E-state index contributed by atoms with van der Waals surface area (Å²) >= 11 is 0. The molecule has 98 valence electrons. The number of aliphatic hydroxyl groups excluding tert-OH is 1. The van der Waals surface area contributed by atoms with Crippen LogP contribution in [-0.2, 0) is 0 Å². The van der Waals surface area contributed by atoms with Crippen molar-refractivity contribution in [1.29, 1.82) is 5.26 Å². The summed E-state index contributed by atoms with van der Waals surface area (Å²) < 4.78 is 0. The predicted molar refractivity (Wildman–Crippen MR) is 69.5 cm³/mol. The molecule has 1 aliphatic carbocycles. The average molecular weight is 238 g/mol. The molecule has 0 heterocycles. The summed E-state index contributed by atoms with van der Waals surface area (Å²) in [5, 5.41) is 17.9. The van der Waals surface area contributed by atoms with Gasteiger partial charge in [0.1, 0.15) is 0 Å². The average Bonchev–Trinajstić information content (AvgIpc) is 2.23. The van der Waals surface area contributed by atoms with Gasteiger partial charge in [0, 0.05) is 19.2 Å². The van der Waals surface area contributed by atoms with Crippen LogP contribution in [-0.4, -0.2) is 35.7 Å². The third-order valence-corrected chi connectivity index (χ3v) is 3.74. The van der Waals surface area contributed by atoms with E-state index in [0.717, 1.165) is 38.4 Å². The second-order valence-electron chi connectivity index (χ2n) is 5.80. The van der Waals surface area contributed by atoms with Gasteiger partial charge in [0.05, 0.1) is 11.5 Å². The van der Waals surface area contributed by atoms with Crippen LogP contribution in [0.15, 0.2) is 0 Å². The summed E-state index contributed by atoms with van der Waals surface area (Å²) in [4.78, 5) is 2.51. The van der Waals surface area contributed by atoms with Gasteiger partial charge in [0.2, 0.25) is 0 Å². The molecule has 0 aromatic carbocycles. The summed E-state index contributed by atoms with van der Waals surface area (Å²) in [7, 11) is 0. The predicted octanol–water partition coefficient (Wildman–Crippen LogP) is 2.55. The first-order valence-corrected chi connectivity index (χ1v) is 6.85. The van der Waals surface area contributed by atoms with Gasteiger partial charge in [-0.15, -0.1) is 0 Å². The molecule has 0 bridgehead atoms. The van der Waals surface area contributed by atoms with Gasteiger partial charge in [0.25, 0.3) is 0 Å². The largest absolute Gasteiger partial charge is 0.396 e. The molecular weight excluding hydrogens is 212 g/mol. The zero-order valence-electron chi connectivity index (χ0n) is 11.3. The zero-order valence-corrected chi connectivity index (χ0v) is 11.3. The highest BCUT2D eigenvalue weighted by Gasteiger charge is 2.25. The Morgan fingerprint density at radius 3 is 2.41 bits per heavy atom. The maximum Gasteiger partial charge on any atom is 0.0683 e. The third kappa shape index (κ3) is 5.06. The molecule has 3 heteroatoms. The van der Waals surface area contributed by atoms with E-state index in [1.54, 1.807) is 0 Å². The van der Waals surface area contributed by atoms with Crippen molar-refractivity contribution in [3.8, 4) is 6.07 Å². The van der Waals surface area contributed by atoms with Crippen LogP contribution in [0.4, 0.5) is 0 Å². The van der Waals surface area contributed by atoms with Crippen molar-refractivity contribution < 1.29 is 5.11 Å². The molecule has 0 unspecified atom stereocenters. The molecule has 0 aromatic rings. The molecule has 1 aliphatic rings. The van der Waals surface area contributed by atoms with E-state index >= 15 is 0 Å². The van der Waals surface area contributed by atoms with Gasteiger partial charge in [-0.05, 0) is 52.5 Å². The lowest BCUT2D eigenvalue weighted by molar-refractivity contribution is 0.112. The summed E-state index contributed by atoms with van der Waals surface area (Å²) in [5.74, 6) is 0. The molecule has 0 radical (unpaired) electrons. The summed E-state index contributed by atoms with van der Waals surface area (Å²) in [5.41, 5.74) is -0.192. The van der Waals surface area contributed by atoms with Crippen LogP contribution in [0.5, 0.6) is 0 Å². The Labute approximate surface area is 105 Å². The number of hydrogen-bond donors (Lipinski definition) is 1. The van der Waals surface area contributed by atoms with Gasteiger partial charge < -0.3 is 10.0 Å². The van der Waals surface area contributed by atoms with Gasteiger partial charge in [-0.3, -0.25) is 0 Å². The Morgan fingerprint density at radius 2 is 1.94 bits per heavy atom. The van der Waals surface area contributed by atoms with Crippen molar-refractivity contribution in [3.05, 3.63) is 0 Å². The Kier molecular flexibility index (Phi) is 5.94. The van der Waals surface area contributed by atoms with Gasteiger partial charge in [-0.25, -0.2) is 0 Å². The number of hydrogen-bond acceptors (Lipinski definition) is 3. The van der Waals surface area contributed by atoms with Crippen molar-refractivity contribution in [2.24, 2.45) is 5.41 Å². The smallest absolute Gasteiger partial charge is 0.0683 e. The number of rotatable bonds is 8. The Morgan fingerprint density at radius 1 is 1.29 bits per heavy atom. The van der Waals surface area contributed by atoms with Gasteiger partial charge in [0.15, 0.2) is 0 Å². The first-order valence-electron chi connectivity index (χ1n) is 6.85. The fraction of sp³-hybridized carbons (Fsp3) is 0.929. The first kappa shape index (κ1) is 14.5. The first-order chi connectivity index (χ1) is 8.09. The lowest BCUT2D eigenvalue weighted by Gasteiger charge is -2.38. The highest BCUT2D eigenvalue weighted by molar-refractivity contribution is 4.91. The number of aliphatic hydroxyl groups is 1. The lowest BCUT2D eigenvalue weighted by Crippen LogP contribution is -2.41. The minimum atomic E-state index is -0.192. The van der Waals surface area contributed by atoms with Crippen LogP contribution in [0.3, 0.4) is 0 Å². The van der Waals surface area contributed by atoms with Crippen LogP contribution in [0.25, 0.3) is 0 Å². The molecule has 0 spiro atoms. The van der Waals surface area contributed by atoms with Gasteiger partial charge >= 0.3 is 0 Å². The Bertz CT molecular complexity index is 253. The van der Waals surface area contributed by atoms with Crippen molar-refractivity contribution in [1.82, 2.24) is 4.90 Å². The lowest BCUT2D eigenvalue weighted by atomic mass is 9.88. The topological polar surface area (TPSA) is 47.3 Å². The number of nitrogens with zero attached hydrogens (tertiary/aromatic N) is 2. The van der Waals surface area contributed by atoms with E-state index in [9.17, 15) is 0 Å². The summed E-state index contributed by atoms with van der Waals surface area (Å²) in [6, 6.07) is 3.10. The third-order valence-electron chi connectivity index (χ3n) is 3.74. The molecule has 17 heavy (non-hydrogen) atoms. The van der Waals surface area contributed by atoms with Gasteiger partial charge in [-0.1, -0.05) is 6.42 Å². The summed E-state index contributed by atoms with van der Waals surface area (Å²) in [6.07, 6.45) is 6.90. The van der Waals surface area contributed by atoms with Crippen molar-refractivity contribution in [2.75, 3.05) is 19.7 Å². The molecule has 0 saturated heterocycles. The monoisotopic (exact) mass is 238 g/mol. The van der Waals surface area contributed by atoms with Crippen LogP contribution < -0.4 is 0 Å². The van der Waals surface area contributed by atoms with E-state index in [1.165, 1.54) is 19.3 Å². The molecular formula is C14H26N2O. The van der Waals surface area contributed by atoms with Crippen molar-refractivity contribution in [3.63, 3.8) is 0 Å². The van der Waals surface area contributed by atoms with Crippen LogP contribution >= 0.6 is 0 Å². The minimum absolute atomic E-state index is 0.192. The highest BCUT2D eigenvalue weighted by atomic mass is 16.3. The molecule has 3 nitrogen and oxygen atoms in total. The van der Waals surface area contributed by atoms with Crippen LogP contribution in [0, 0.1) is 16.7 Å². The second-order valence-corrected chi connectivity index (χ2v) is 5.80. The van der Waals surface area contributed by atoms with Gasteiger partial charge in [-0.2, -0.15) is 5.26 Å². The SMILES string of the molecule is CC(C)(C#N)CCCN(CCCO)C1CCC1. The second kappa shape index (κ2) is 6.98. The molecule has 1 fully saturated rings. The molecule has 0 amide bonds. The van der Waals surface area contributed by atoms with Crippen molar-refractivity contribution in [2.45, 2.75) is 58.4 Å². The van der Waals surface area contributed by atoms with E-state index < -0.39 is 0 Å². The fourth-order valence-electron chi connectivity index (χ4n) is 2.28. The minimum Gasteiger partial charge on any atom is -0.396 e. The fourth-order valence-corrected chi connectivity index (χ4v) is 2.28. The van der Waals surface area contributed by atoms with Crippen molar-refractivity contribution >= 4 is 0 Å². The molecule has 0 aliphatic heterocycles. The molecule has 1 N–H and O–H groups in total. The zero-order chi connectivity index (χ0) is 12.7. The standard InChI is InChI=1S/C14H26N2O/c1-14(2,12-15)8-4-9-16(10-5-11-17)13-6-3-7-13/h13,17H,3-11H2,1-2H3. The maximum atomic E-state index is 8.97. The Balaban J connectivity index is 2.26. The quantitative estimate of drug-likeness (QED) is 0.707. The number of nitriles is 1. The molecule has 0 atom stereocenters. The van der Waals surface area contributed by atoms with E-state index in [-0.39, 0.29) is 12.0 Å². The van der Waals surface area contributed by atoms with E-state index in [0.29, 0.717) is 0 Å². The molecule has 0 aromatic heterocycles. The Hall–Kier alpha value is -0.590. The van der Waals surface area contributed by atoms with E-state index in [4.69, 9.17) is 10.4 Å². The van der Waals surface area contributed by atoms with Crippen LogP contribution in [0.1, 0.15) is 52.4 Å². The van der Waals surface area contributed by atoms with E-state index in [2.05, 4.69) is 11.0 Å². The van der Waals surface area contributed by atoms with Crippen LogP contribution in [0.2, 0.25) is 0 Å². The highest BCUT2D eigenvalue weighted by Crippen LogP contribution is 2.26. The molecule has 1 rings (SSSR count). The molecule has 1 saturated carbocycles. The van der Waals surface area contributed by atoms with E-state index in [1.807, 2.05) is 13.8 Å².